The van der Waals surface area contributed by atoms with Gasteiger partial charge in [0.15, 0.2) is 0 Å². The van der Waals surface area contributed by atoms with E-state index in [0.29, 0.717) is 28.6 Å². The Hall–Kier alpha value is -0.610. The van der Waals surface area contributed by atoms with E-state index in [2.05, 4.69) is 15.9 Å². The SMILES string of the molecule is COc1cc(Br)c(F)c(C2(O)CC2)c1. The van der Waals surface area contributed by atoms with Gasteiger partial charge in [0, 0.05) is 5.56 Å². The van der Waals surface area contributed by atoms with Crippen molar-refractivity contribution in [3.63, 3.8) is 0 Å². The van der Waals surface area contributed by atoms with E-state index in [1.165, 1.54) is 7.11 Å². The molecule has 0 aliphatic heterocycles. The predicted octanol–water partition coefficient (Wildman–Crippen LogP) is 2.58. The number of ether oxygens (including phenoxy) is 1. The van der Waals surface area contributed by atoms with Crippen LogP contribution < -0.4 is 4.74 Å². The summed E-state index contributed by atoms with van der Waals surface area (Å²) in [4.78, 5) is 0. The Morgan fingerprint density at radius 3 is 2.64 bits per heavy atom. The molecule has 0 spiro atoms. The second kappa shape index (κ2) is 3.21. The quantitative estimate of drug-likeness (QED) is 0.886. The van der Waals surface area contributed by atoms with Crippen molar-refractivity contribution in [1.82, 2.24) is 0 Å². The summed E-state index contributed by atoms with van der Waals surface area (Å²) in [6.07, 6.45) is 1.23. The molecule has 2 rings (SSSR count). The van der Waals surface area contributed by atoms with Crippen molar-refractivity contribution in [2.24, 2.45) is 0 Å². The summed E-state index contributed by atoms with van der Waals surface area (Å²) in [5.74, 6) is 0.152. The fourth-order valence-electron chi connectivity index (χ4n) is 1.41. The molecule has 4 heteroatoms. The van der Waals surface area contributed by atoms with Gasteiger partial charge in [-0.1, -0.05) is 0 Å². The van der Waals surface area contributed by atoms with E-state index in [1.807, 2.05) is 0 Å². The van der Waals surface area contributed by atoms with E-state index in [9.17, 15) is 9.50 Å². The Bertz CT molecular complexity index is 375. The van der Waals surface area contributed by atoms with E-state index in [-0.39, 0.29) is 0 Å². The molecule has 0 aromatic heterocycles. The molecule has 0 radical (unpaired) electrons. The van der Waals surface area contributed by atoms with Gasteiger partial charge in [-0.2, -0.15) is 0 Å². The zero-order valence-electron chi connectivity index (χ0n) is 7.68. The van der Waals surface area contributed by atoms with Gasteiger partial charge in [0.2, 0.25) is 0 Å². The smallest absolute Gasteiger partial charge is 0.143 e. The largest absolute Gasteiger partial charge is 0.497 e. The number of hydrogen-bond donors (Lipinski definition) is 1. The highest BCUT2D eigenvalue weighted by molar-refractivity contribution is 9.10. The Morgan fingerprint density at radius 1 is 1.50 bits per heavy atom. The number of methoxy groups -OCH3 is 1. The van der Waals surface area contributed by atoms with Crippen molar-refractivity contribution in [2.45, 2.75) is 18.4 Å². The summed E-state index contributed by atoms with van der Waals surface area (Å²) in [5, 5.41) is 9.81. The summed E-state index contributed by atoms with van der Waals surface area (Å²) < 4.78 is 18.9. The maximum atomic E-state index is 13.6. The van der Waals surface area contributed by atoms with Crippen LogP contribution in [0.4, 0.5) is 4.39 Å². The molecule has 1 saturated carbocycles. The van der Waals surface area contributed by atoms with Crippen molar-refractivity contribution >= 4 is 15.9 Å². The first-order valence-corrected chi connectivity index (χ1v) is 5.12. The molecule has 0 bridgehead atoms. The van der Waals surface area contributed by atoms with Crippen molar-refractivity contribution < 1.29 is 14.2 Å². The topological polar surface area (TPSA) is 29.5 Å². The van der Waals surface area contributed by atoms with Crippen LogP contribution in [0.2, 0.25) is 0 Å². The number of benzene rings is 1. The fraction of sp³-hybridized carbons (Fsp3) is 0.400. The van der Waals surface area contributed by atoms with E-state index < -0.39 is 11.4 Å². The van der Waals surface area contributed by atoms with Crippen LogP contribution in [0.3, 0.4) is 0 Å². The van der Waals surface area contributed by atoms with Gasteiger partial charge < -0.3 is 9.84 Å². The third-order valence-corrected chi connectivity index (χ3v) is 3.04. The van der Waals surface area contributed by atoms with Gasteiger partial charge in [0.25, 0.3) is 0 Å². The van der Waals surface area contributed by atoms with Crippen LogP contribution in [0.5, 0.6) is 5.75 Å². The molecule has 0 unspecified atom stereocenters. The minimum Gasteiger partial charge on any atom is -0.497 e. The third kappa shape index (κ3) is 1.53. The molecular weight excluding hydrogens is 251 g/mol. The second-order valence-corrected chi connectivity index (χ2v) is 4.36. The van der Waals surface area contributed by atoms with E-state index in [1.54, 1.807) is 12.1 Å². The number of hydrogen-bond acceptors (Lipinski definition) is 2. The first kappa shape index (κ1) is 9.93. The molecule has 14 heavy (non-hydrogen) atoms. The molecule has 2 nitrogen and oxygen atoms in total. The summed E-state index contributed by atoms with van der Waals surface area (Å²) in [7, 11) is 1.51. The summed E-state index contributed by atoms with van der Waals surface area (Å²) in [5.41, 5.74) is -0.648. The maximum absolute atomic E-state index is 13.6. The molecule has 1 aliphatic rings. The Kier molecular flexibility index (Phi) is 2.27. The number of aliphatic hydroxyl groups is 1. The Labute approximate surface area is 89.8 Å². The molecular formula is C10H10BrFO2. The minimum absolute atomic E-state index is 0.323. The van der Waals surface area contributed by atoms with Crippen molar-refractivity contribution in [2.75, 3.05) is 7.11 Å². The molecule has 0 amide bonds. The predicted molar refractivity (Wildman–Crippen MR) is 53.8 cm³/mol. The van der Waals surface area contributed by atoms with E-state index in [4.69, 9.17) is 4.74 Å². The average molecular weight is 261 g/mol. The van der Waals surface area contributed by atoms with Crippen LogP contribution >= 0.6 is 15.9 Å². The zero-order valence-corrected chi connectivity index (χ0v) is 9.27. The summed E-state index contributed by atoms with van der Waals surface area (Å²) >= 11 is 3.09. The monoisotopic (exact) mass is 260 g/mol. The number of rotatable bonds is 2. The molecule has 1 aromatic rings. The average Bonchev–Trinajstić information content (AvgIpc) is 2.89. The lowest BCUT2D eigenvalue weighted by atomic mass is 10.1. The Morgan fingerprint density at radius 2 is 2.14 bits per heavy atom. The van der Waals surface area contributed by atoms with Gasteiger partial charge in [-0.05, 0) is 40.9 Å². The van der Waals surface area contributed by atoms with Gasteiger partial charge in [-0.15, -0.1) is 0 Å². The first-order chi connectivity index (χ1) is 6.57. The highest BCUT2D eigenvalue weighted by Gasteiger charge is 2.44. The summed E-state index contributed by atoms with van der Waals surface area (Å²) in [6.45, 7) is 0. The molecule has 0 heterocycles. The molecule has 0 saturated heterocycles. The van der Waals surface area contributed by atoms with Crippen molar-refractivity contribution in [1.29, 1.82) is 0 Å². The lowest BCUT2D eigenvalue weighted by molar-refractivity contribution is 0.146. The normalized spacial score (nSPS) is 18.0. The standard InChI is InChI=1S/C10H10BrFO2/c1-14-6-4-7(10(13)2-3-10)9(12)8(11)5-6/h4-5,13H,2-3H2,1H3. The lowest BCUT2D eigenvalue weighted by Crippen LogP contribution is -2.08. The van der Waals surface area contributed by atoms with E-state index >= 15 is 0 Å². The van der Waals surface area contributed by atoms with Crippen LogP contribution in [-0.2, 0) is 5.60 Å². The van der Waals surface area contributed by atoms with Crippen molar-refractivity contribution in [3.05, 3.63) is 28.0 Å². The molecule has 1 fully saturated rings. The molecule has 0 atom stereocenters. The summed E-state index contributed by atoms with van der Waals surface area (Å²) in [6, 6.07) is 3.09. The van der Waals surface area contributed by atoms with Gasteiger partial charge in [-0.25, -0.2) is 4.39 Å². The minimum atomic E-state index is -0.971. The van der Waals surface area contributed by atoms with Gasteiger partial charge in [0.1, 0.15) is 11.6 Å². The van der Waals surface area contributed by atoms with Crippen molar-refractivity contribution in [3.8, 4) is 5.75 Å². The highest BCUT2D eigenvalue weighted by Crippen LogP contribution is 2.48. The van der Waals surface area contributed by atoms with Crippen LogP contribution in [0.1, 0.15) is 18.4 Å². The number of halogens is 2. The first-order valence-electron chi connectivity index (χ1n) is 4.33. The van der Waals surface area contributed by atoms with Crippen LogP contribution in [-0.4, -0.2) is 12.2 Å². The van der Waals surface area contributed by atoms with Gasteiger partial charge in [0.05, 0.1) is 17.2 Å². The molecule has 1 N–H and O–H groups in total. The van der Waals surface area contributed by atoms with Crippen LogP contribution in [0, 0.1) is 5.82 Å². The second-order valence-electron chi connectivity index (χ2n) is 3.50. The van der Waals surface area contributed by atoms with Gasteiger partial charge >= 0.3 is 0 Å². The van der Waals surface area contributed by atoms with Crippen LogP contribution in [0.15, 0.2) is 16.6 Å². The third-order valence-electron chi connectivity index (χ3n) is 2.46. The molecule has 76 valence electrons. The van der Waals surface area contributed by atoms with E-state index in [0.717, 1.165) is 0 Å². The highest BCUT2D eigenvalue weighted by atomic mass is 79.9. The molecule has 1 aromatic carbocycles. The Balaban J connectivity index is 2.52. The van der Waals surface area contributed by atoms with Crippen LogP contribution in [0.25, 0.3) is 0 Å². The van der Waals surface area contributed by atoms with Gasteiger partial charge in [-0.3, -0.25) is 0 Å². The zero-order chi connectivity index (χ0) is 10.3. The lowest BCUT2D eigenvalue weighted by Gasteiger charge is -2.12. The molecule has 1 aliphatic carbocycles. The fourth-order valence-corrected chi connectivity index (χ4v) is 1.85. The maximum Gasteiger partial charge on any atom is 0.143 e.